The molecule has 0 spiro atoms. The molecular weight excluding hydrogens is 490 g/mol. The first-order valence-electron chi connectivity index (χ1n) is 13.0. The number of aliphatic hydroxyl groups excluding tert-OH is 1. The predicted molar refractivity (Wildman–Crippen MR) is 141 cm³/mol. The number of ether oxygens (including phenoxy) is 4. The van der Waals surface area contributed by atoms with Gasteiger partial charge in [-0.15, -0.1) is 0 Å². The average Bonchev–Trinajstić information content (AvgIpc) is 3.40. The van der Waals surface area contributed by atoms with Gasteiger partial charge in [-0.2, -0.15) is 0 Å². The van der Waals surface area contributed by atoms with Crippen LogP contribution in [0.5, 0.6) is 11.5 Å². The van der Waals surface area contributed by atoms with E-state index in [4.69, 9.17) is 29.8 Å². The number of unbranched alkanes of at least 4 members (excludes halogenated alkanes) is 2. The van der Waals surface area contributed by atoms with Gasteiger partial charge in [-0.25, -0.2) is 0 Å². The molecule has 4 rings (SSSR count). The molecular formula is C28H35N3O7. The Morgan fingerprint density at radius 2 is 1.89 bits per heavy atom. The molecule has 10 nitrogen and oxygen atoms in total. The summed E-state index contributed by atoms with van der Waals surface area (Å²) >= 11 is 0. The van der Waals surface area contributed by atoms with Gasteiger partial charge < -0.3 is 40.4 Å². The average molecular weight is 526 g/mol. The second-order valence-electron chi connectivity index (χ2n) is 9.18. The second-order valence-corrected chi connectivity index (χ2v) is 9.18. The fourth-order valence-corrected chi connectivity index (χ4v) is 4.25. The zero-order valence-electron chi connectivity index (χ0n) is 21.3. The number of fused-ring (bicyclic) bond motifs is 1. The number of nitrogen functional groups attached to an aromatic ring is 1. The van der Waals surface area contributed by atoms with Crippen LogP contribution in [0.15, 0.2) is 54.3 Å². The van der Waals surface area contributed by atoms with Crippen molar-refractivity contribution in [3.8, 4) is 11.5 Å². The zero-order chi connectivity index (χ0) is 26.7. The molecule has 0 radical (unpaired) electrons. The molecule has 10 heteroatoms. The Balaban J connectivity index is 1.29. The molecule has 2 aliphatic heterocycles. The molecule has 38 heavy (non-hydrogen) atoms. The summed E-state index contributed by atoms with van der Waals surface area (Å²) in [5.41, 5.74) is 7.94. The number of nitrogens with two attached hydrogens (primary N) is 1. The number of amides is 2. The van der Waals surface area contributed by atoms with Gasteiger partial charge in [-0.3, -0.25) is 9.59 Å². The smallest absolute Gasteiger partial charge is 0.286 e. The Morgan fingerprint density at radius 1 is 1.05 bits per heavy atom. The minimum atomic E-state index is -0.594. The van der Waals surface area contributed by atoms with E-state index in [9.17, 15) is 9.59 Å². The number of para-hydroxylation sites is 2. The third-order valence-electron chi connectivity index (χ3n) is 6.31. The summed E-state index contributed by atoms with van der Waals surface area (Å²) in [5, 5.41) is 14.7. The highest BCUT2D eigenvalue weighted by Crippen LogP contribution is 2.38. The second kappa shape index (κ2) is 13.7. The minimum absolute atomic E-state index is 0.101. The Kier molecular flexibility index (Phi) is 9.83. The van der Waals surface area contributed by atoms with Gasteiger partial charge in [0.05, 0.1) is 18.0 Å². The van der Waals surface area contributed by atoms with Crippen LogP contribution in [0.1, 0.15) is 50.0 Å². The lowest BCUT2D eigenvalue weighted by atomic mass is 9.92. The molecule has 0 aliphatic carbocycles. The third-order valence-corrected chi connectivity index (χ3v) is 6.31. The van der Waals surface area contributed by atoms with Gasteiger partial charge in [0.15, 0.2) is 17.3 Å². The summed E-state index contributed by atoms with van der Waals surface area (Å²) in [7, 11) is 0. The van der Waals surface area contributed by atoms with Crippen molar-refractivity contribution in [1.29, 1.82) is 0 Å². The normalized spacial score (nSPS) is 17.9. The number of hydrogen-bond donors (Lipinski definition) is 4. The first-order chi connectivity index (χ1) is 18.5. The van der Waals surface area contributed by atoms with Gasteiger partial charge in [0.2, 0.25) is 19.0 Å². The van der Waals surface area contributed by atoms with Crippen LogP contribution >= 0.6 is 0 Å². The van der Waals surface area contributed by atoms with E-state index in [0.717, 1.165) is 5.56 Å². The SMILES string of the molecule is Nc1ccccc1NC(=O)CCCCNC(=O)C1=C[C@@H](c2ccc3c(c2)OCO3)C[C@@H](OCCCCO)O1. The predicted octanol–water partition coefficient (Wildman–Crippen LogP) is 3.43. The number of benzene rings is 2. The summed E-state index contributed by atoms with van der Waals surface area (Å²) < 4.78 is 22.7. The van der Waals surface area contributed by atoms with Crippen molar-refractivity contribution < 1.29 is 33.6 Å². The molecule has 0 fully saturated rings. The number of rotatable bonds is 13. The quantitative estimate of drug-likeness (QED) is 0.230. The minimum Gasteiger partial charge on any atom is -0.459 e. The topological polar surface area (TPSA) is 141 Å². The van der Waals surface area contributed by atoms with Gasteiger partial charge in [-0.1, -0.05) is 18.2 Å². The van der Waals surface area contributed by atoms with E-state index in [-0.39, 0.29) is 36.9 Å². The number of anilines is 2. The van der Waals surface area contributed by atoms with Gasteiger partial charge in [0, 0.05) is 31.9 Å². The Bertz CT molecular complexity index is 1140. The number of nitrogens with one attached hydrogen (secondary N) is 2. The Morgan fingerprint density at radius 3 is 2.74 bits per heavy atom. The number of carbonyl (C=O) groups excluding carboxylic acids is 2. The fraction of sp³-hybridized carbons (Fsp3) is 0.429. The maximum absolute atomic E-state index is 12.9. The third kappa shape index (κ3) is 7.62. The van der Waals surface area contributed by atoms with Crippen LogP contribution in [-0.4, -0.2) is 49.8 Å². The summed E-state index contributed by atoms with van der Waals surface area (Å²) in [5.74, 6) is 0.994. The van der Waals surface area contributed by atoms with Crippen molar-refractivity contribution >= 4 is 23.2 Å². The van der Waals surface area contributed by atoms with E-state index >= 15 is 0 Å². The lowest BCUT2D eigenvalue weighted by molar-refractivity contribution is -0.146. The summed E-state index contributed by atoms with van der Waals surface area (Å²) in [6.07, 6.45) is 4.63. The van der Waals surface area contributed by atoms with Crippen molar-refractivity contribution in [3.05, 3.63) is 59.9 Å². The molecule has 2 atom stereocenters. The summed E-state index contributed by atoms with van der Waals surface area (Å²) in [4.78, 5) is 25.1. The molecule has 2 aromatic carbocycles. The van der Waals surface area contributed by atoms with Crippen molar-refractivity contribution in [2.24, 2.45) is 0 Å². The summed E-state index contributed by atoms with van der Waals surface area (Å²) in [6.45, 7) is 1.11. The van der Waals surface area contributed by atoms with Crippen molar-refractivity contribution in [2.75, 3.05) is 37.6 Å². The van der Waals surface area contributed by atoms with Crippen LogP contribution in [0, 0.1) is 0 Å². The molecule has 0 aromatic heterocycles. The highest BCUT2D eigenvalue weighted by molar-refractivity contribution is 5.93. The first-order valence-corrected chi connectivity index (χ1v) is 13.0. The van der Waals surface area contributed by atoms with Crippen LogP contribution in [0.3, 0.4) is 0 Å². The number of hydrogen-bond acceptors (Lipinski definition) is 8. The van der Waals surface area contributed by atoms with E-state index < -0.39 is 6.29 Å². The molecule has 0 unspecified atom stereocenters. The lowest BCUT2D eigenvalue weighted by Crippen LogP contribution is -2.33. The maximum atomic E-state index is 12.9. The van der Waals surface area contributed by atoms with E-state index in [1.54, 1.807) is 18.2 Å². The Hall–Kier alpha value is -3.76. The highest BCUT2D eigenvalue weighted by atomic mass is 16.7. The van der Waals surface area contributed by atoms with Crippen LogP contribution in [0.4, 0.5) is 11.4 Å². The van der Waals surface area contributed by atoms with Gasteiger partial charge in [0.1, 0.15) is 0 Å². The van der Waals surface area contributed by atoms with E-state index in [1.165, 1.54) is 0 Å². The molecule has 2 amide bonds. The molecule has 0 bridgehead atoms. The van der Waals surface area contributed by atoms with Crippen molar-refractivity contribution in [1.82, 2.24) is 5.32 Å². The van der Waals surface area contributed by atoms with Crippen molar-refractivity contribution in [3.63, 3.8) is 0 Å². The standard InChI is InChI=1S/C28H35N3O7/c29-21-7-1-2-8-22(21)31-26(33)9-3-4-12-30-28(34)25-16-20(17-27(38-25)35-14-6-5-13-32)19-10-11-23-24(15-19)37-18-36-23/h1-2,7-8,10-11,15-16,20,27,32H,3-6,9,12-14,17-18,29H2,(H,30,34)(H,31,33)/t20-,27+/m1/s1. The Labute approximate surface area is 222 Å². The molecule has 5 N–H and O–H groups in total. The summed E-state index contributed by atoms with van der Waals surface area (Å²) in [6, 6.07) is 12.8. The number of carbonyl (C=O) groups is 2. The molecule has 2 heterocycles. The van der Waals surface area contributed by atoms with Crippen molar-refractivity contribution in [2.45, 2.75) is 50.7 Å². The molecule has 0 saturated heterocycles. The van der Waals surface area contributed by atoms with Crippen LogP contribution in [0.25, 0.3) is 0 Å². The van der Waals surface area contributed by atoms with E-state index in [1.807, 2.05) is 30.3 Å². The highest BCUT2D eigenvalue weighted by Gasteiger charge is 2.29. The van der Waals surface area contributed by atoms with Crippen LogP contribution < -0.4 is 25.8 Å². The molecule has 2 aliphatic rings. The zero-order valence-corrected chi connectivity index (χ0v) is 21.3. The van der Waals surface area contributed by atoms with Gasteiger partial charge >= 0.3 is 0 Å². The van der Waals surface area contributed by atoms with Gasteiger partial charge in [-0.05, 0) is 61.6 Å². The molecule has 0 saturated carbocycles. The van der Waals surface area contributed by atoms with E-state index in [0.29, 0.717) is 74.6 Å². The van der Waals surface area contributed by atoms with Gasteiger partial charge in [0.25, 0.3) is 5.91 Å². The lowest BCUT2D eigenvalue weighted by Gasteiger charge is -2.29. The van der Waals surface area contributed by atoms with E-state index in [2.05, 4.69) is 10.6 Å². The fourth-order valence-electron chi connectivity index (χ4n) is 4.25. The largest absolute Gasteiger partial charge is 0.459 e. The monoisotopic (exact) mass is 525 g/mol. The molecule has 2 aromatic rings. The first kappa shape index (κ1) is 27.3. The molecule has 204 valence electrons. The number of aliphatic hydroxyl groups is 1. The maximum Gasteiger partial charge on any atom is 0.286 e. The van der Waals surface area contributed by atoms with Crippen LogP contribution in [-0.2, 0) is 19.1 Å². The number of allylic oxidation sites excluding steroid dienone is 1. The van der Waals surface area contributed by atoms with Crippen LogP contribution in [0.2, 0.25) is 0 Å².